The first-order valence-electron chi connectivity index (χ1n) is 7.39. The van der Waals surface area contributed by atoms with Crippen molar-refractivity contribution in [2.75, 3.05) is 26.8 Å². The summed E-state index contributed by atoms with van der Waals surface area (Å²) < 4.78 is 6.86. The van der Waals surface area contributed by atoms with Crippen LogP contribution >= 0.6 is 0 Å². The Balaban J connectivity index is 1.86. The summed E-state index contributed by atoms with van der Waals surface area (Å²) in [5.41, 5.74) is 1.29. The number of aromatic nitrogens is 1. The molecule has 5 heteroatoms. The lowest BCUT2D eigenvalue weighted by Gasteiger charge is -2.15. The van der Waals surface area contributed by atoms with Gasteiger partial charge in [-0.25, -0.2) is 0 Å². The van der Waals surface area contributed by atoms with Gasteiger partial charge in [0.1, 0.15) is 6.54 Å². The van der Waals surface area contributed by atoms with Crippen LogP contribution in [0.2, 0.25) is 0 Å². The van der Waals surface area contributed by atoms with Crippen LogP contribution in [0, 0.1) is 5.92 Å². The first-order valence-corrected chi connectivity index (χ1v) is 7.39. The van der Waals surface area contributed by atoms with Gasteiger partial charge in [0.05, 0.1) is 6.61 Å². The summed E-state index contributed by atoms with van der Waals surface area (Å²) in [6, 6.07) is 2.56. The van der Waals surface area contributed by atoms with E-state index in [0.29, 0.717) is 25.7 Å². The lowest BCUT2D eigenvalue weighted by atomic mass is 10.1. The van der Waals surface area contributed by atoms with Gasteiger partial charge in [0.25, 0.3) is 0 Å². The van der Waals surface area contributed by atoms with Crippen molar-refractivity contribution < 1.29 is 9.53 Å². The molecule has 2 rings (SSSR count). The summed E-state index contributed by atoms with van der Waals surface area (Å²) in [6.07, 6.45) is 6.68. The quantitative estimate of drug-likeness (QED) is 0.670. The van der Waals surface area contributed by atoms with Crippen molar-refractivity contribution in [1.29, 1.82) is 0 Å². The predicted octanol–water partition coefficient (Wildman–Crippen LogP) is 1.31. The van der Waals surface area contributed by atoms with E-state index >= 15 is 0 Å². The molecule has 1 saturated carbocycles. The Morgan fingerprint density at radius 1 is 1.55 bits per heavy atom. The summed E-state index contributed by atoms with van der Waals surface area (Å²) in [5, 5.41) is 6.37. The van der Waals surface area contributed by atoms with Crippen molar-refractivity contribution in [2.24, 2.45) is 5.92 Å². The van der Waals surface area contributed by atoms with Crippen molar-refractivity contribution in [3.8, 4) is 0 Å². The number of rotatable bonds is 9. The highest BCUT2D eigenvalue weighted by molar-refractivity contribution is 5.75. The Labute approximate surface area is 120 Å². The van der Waals surface area contributed by atoms with Crippen LogP contribution in [0.1, 0.15) is 31.4 Å². The molecule has 1 atom stereocenters. The molecule has 1 aromatic rings. The fourth-order valence-corrected chi connectivity index (χ4v) is 2.46. The maximum Gasteiger partial charge on any atom is 0.239 e. The second-order valence-corrected chi connectivity index (χ2v) is 5.33. The molecule has 1 heterocycles. The highest BCUT2D eigenvalue weighted by Crippen LogP contribution is 2.40. The first-order chi connectivity index (χ1) is 9.74. The summed E-state index contributed by atoms with van der Waals surface area (Å²) in [6.45, 7) is 4.59. The number of hydrogen-bond donors (Lipinski definition) is 2. The van der Waals surface area contributed by atoms with Gasteiger partial charge in [-0.15, -0.1) is 0 Å². The van der Waals surface area contributed by atoms with Crippen molar-refractivity contribution in [2.45, 2.75) is 32.4 Å². The number of nitrogens with one attached hydrogen (secondary N) is 2. The van der Waals surface area contributed by atoms with E-state index < -0.39 is 0 Å². The van der Waals surface area contributed by atoms with Crippen LogP contribution in [0.3, 0.4) is 0 Å². The van der Waals surface area contributed by atoms with Gasteiger partial charge < -0.3 is 19.9 Å². The zero-order valence-electron chi connectivity index (χ0n) is 12.4. The highest BCUT2D eigenvalue weighted by atomic mass is 16.5. The molecule has 0 aliphatic heterocycles. The van der Waals surface area contributed by atoms with Crippen LogP contribution < -0.4 is 10.6 Å². The lowest BCUT2D eigenvalue weighted by molar-refractivity contribution is -0.121. The Bertz CT molecular complexity index is 427. The Morgan fingerprint density at radius 3 is 3.00 bits per heavy atom. The topological polar surface area (TPSA) is 55.3 Å². The maximum absolute atomic E-state index is 11.7. The Morgan fingerprint density at radius 2 is 2.35 bits per heavy atom. The third kappa shape index (κ3) is 4.35. The fourth-order valence-electron chi connectivity index (χ4n) is 2.46. The smallest absolute Gasteiger partial charge is 0.239 e. The van der Waals surface area contributed by atoms with Crippen LogP contribution in [0.15, 0.2) is 18.5 Å². The molecule has 0 saturated heterocycles. The molecule has 20 heavy (non-hydrogen) atoms. The molecule has 1 aliphatic carbocycles. The predicted molar refractivity (Wildman–Crippen MR) is 78.5 cm³/mol. The molecule has 1 amide bonds. The molecule has 112 valence electrons. The third-order valence-electron chi connectivity index (χ3n) is 3.60. The molecule has 0 radical (unpaired) electrons. The number of amides is 1. The zero-order valence-corrected chi connectivity index (χ0v) is 12.4. The average Bonchev–Trinajstić information content (AvgIpc) is 3.17. The van der Waals surface area contributed by atoms with E-state index in [9.17, 15) is 4.79 Å². The number of carbonyl (C=O) groups is 1. The first kappa shape index (κ1) is 15.1. The SMILES string of the molecule is CCNC(c1ccn(CC(=O)NCCOC)c1)C1CC1. The number of hydrogen-bond acceptors (Lipinski definition) is 3. The normalized spacial score (nSPS) is 16.1. The largest absolute Gasteiger partial charge is 0.383 e. The minimum Gasteiger partial charge on any atom is -0.383 e. The van der Waals surface area contributed by atoms with Gasteiger partial charge in [0, 0.05) is 32.1 Å². The van der Waals surface area contributed by atoms with Gasteiger partial charge in [-0.05, 0) is 36.9 Å². The molecule has 0 bridgehead atoms. The molecule has 2 N–H and O–H groups in total. The number of methoxy groups -OCH3 is 1. The maximum atomic E-state index is 11.7. The highest BCUT2D eigenvalue weighted by Gasteiger charge is 2.32. The van der Waals surface area contributed by atoms with E-state index in [1.54, 1.807) is 7.11 Å². The number of carbonyl (C=O) groups excluding carboxylic acids is 1. The molecule has 1 aliphatic rings. The molecule has 1 unspecified atom stereocenters. The molecule has 1 fully saturated rings. The molecule has 5 nitrogen and oxygen atoms in total. The monoisotopic (exact) mass is 279 g/mol. The van der Waals surface area contributed by atoms with E-state index in [0.717, 1.165) is 12.5 Å². The van der Waals surface area contributed by atoms with Gasteiger partial charge in [0.2, 0.25) is 5.91 Å². The minimum atomic E-state index is 0.0237. The van der Waals surface area contributed by atoms with Gasteiger partial charge in [-0.1, -0.05) is 6.92 Å². The van der Waals surface area contributed by atoms with Crippen LogP contribution in [0.4, 0.5) is 0 Å². The fraction of sp³-hybridized carbons (Fsp3) is 0.667. The van der Waals surface area contributed by atoms with E-state index in [-0.39, 0.29) is 5.91 Å². The van der Waals surface area contributed by atoms with E-state index in [4.69, 9.17) is 4.74 Å². The summed E-state index contributed by atoms with van der Waals surface area (Å²) >= 11 is 0. The van der Waals surface area contributed by atoms with Crippen molar-refractivity contribution in [3.63, 3.8) is 0 Å². The minimum absolute atomic E-state index is 0.0237. The van der Waals surface area contributed by atoms with Crippen molar-refractivity contribution in [1.82, 2.24) is 15.2 Å². The molecular formula is C15H25N3O2. The average molecular weight is 279 g/mol. The van der Waals surface area contributed by atoms with Crippen molar-refractivity contribution in [3.05, 3.63) is 24.0 Å². The molecule has 1 aromatic heterocycles. The van der Waals surface area contributed by atoms with Crippen LogP contribution in [0.25, 0.3) is 0 Å². The Hall–Kier alpha value is -1.33. The molecule has 0 aromatic carbocycles. The number of ether oxygens (including phenoxy) is 1. The van der Waals surface area contributed by atoms with Crippen LogP contribution in [-0.4, -0.2) is 37.3 Å². The van der Waals surface area contributed by atoms with Gasteiger partial charge >= 0.3 is 0 Å². The summed E-state index contributed by atoms with van der Waals surface area (Å²) in [5.74, 6) is 0.789. The second kappa shape index (κ2) is 7.45. The number of nitrogens with zero attached hydrogens (tertiary/aromatic N) is 1. The Kier molecular flexibility index (Phi) is 5.61. The summed E-state index contributed by atoms with van der Waals surface area (Å²) in [7, 11) is 1.63. The third-order valence-corrected chi connectivity index (χ3v) is 3.60. The lowest BCUT2D eigenvalue weighted by Crippen LogP contribution is -2.30. The summed E-state index contributed by atoms with van der Waals surface area (Å²) in [4.78, 5) is 11.7. The van der Waals surface area contributed by atoms with E-state index in [1.807, 2.05) is 10.8 Å². The van der Waals surface area contributed by atoms with Crippen LogP contribution in [0.5, 0.6) is 0 Å². The second-order valence-electron chi connectivity index (χ2n) is 5.33. The van der Waals surface area contributed by atoms with Crippen LogP contribution in [-0.2, 0) is 16.1 Å². The van der Waals surface area contributed by atoms with Gasteiger partial charge in [-0.3, -0.25) is 4.79 Å². The molecule has 0 spiro atoms. The van der Waals surface area contributed by atoms with E-state index in [1.165, 1.54) is 18.4 Å². The van der Waals surface area contributed by atoms with Gasteiger partial charge in [0.15, 0.2) is 0 Å². The van der Waals surface area contributed by atoms with Crippen molar-refractivity contribution >= 4 is 5.91 Å². The van der Waals surface area contributed by atoms with Gasteiger partial charge in [-0.2, -0.15) is 0 Å². The zero-order chi connectivity index (χ0) is 14.4. The molecular weight excluding hydrogens is 254 g/mol. The standard InChI is InChI=1S/C15H25N3O2/c1-3-16-15(12-4-5-12)13-6-8-18(10-13)11-14(19)17-7-9-20-2/h6,8,10,12,15-16H,3-5,7,9,11H2,1-2H3,(H,17,19). The van der Waals surface area contributed by atoms with E-state index in [2.05, 4.69) is 29.8 Å².